The summed E-state index contributed by atoms with van der Waals surface area (Å²) in [5.41, 5.74) is 1.77. The number of H-pyrrole nitrogens is 1. The Hall–Kier alpha value is -2.87. The molecule has 1 heterocycles. The minimum absolute atomic E-state index is 0.207. The zero-order valence-corrected chi connectivity index (χ0v) is 17.8. The first-order valence-corrected chi connectivity index (χ1v) is 11.2. The summed E-state index contributed by atoms with van der Waals surface area (Å²) in [5.74, 6) is 0.143. The highest BCUT2D eigenvalue weighted by Crippen LogP contribution is 2.42. The van der Waals surface area contributed by atoms with E-state index in [1.54, 1.807) is 6.20 Å². The Morgan fingerprint density at radius 2 is 1.97 bits per heavy atom. The number of hydrogen-bond acceptors (Lipinski definition) is 4. The van der Waals surface area contributed by atoms with Crippen molar-refractivity contribution in [1.29, 1.82) is 0 Å². The van der Waals surface area contributed by atoms with E-state index in [2.05, 4.69) is 25.9 Å². The van der Waals surface area contributed by atoms with E-state index in [9.17, 15) is 14.7 Å². The average molecular weight is 426 g/mol. The minimum Gasteiger partial charge on any atom is -0.392 e. The second-order valence-corrected chi connectivity index (χ2v) is 8.57. The van der Waals surface area contributed by atoms with Gasteiger partial charge in [-0.1, -0.05) is 37.3 Å². The molecule has 4 atom stereocenters. The maximum Gasteiger partial charge on any atom is 0.315 e. The van der Waals surface area contributed by atoms with Crippen molar-refractivity contribution in [3.8, 4) is 0 Å². The molecule has 1 aromatic carbocycles. The number of benzene rings is 1. The molecule has 166 valence electrons. The number of aliphatic hydroxyl groups is 1. The predicted molar refractivity (Wildman–Crippen MR) is 116 cm³/mol. The first-order chi connectivity index (χ1) is 15.1. The van der Waals surface area contributed by atoms with E-state index in [0.29, 0.717) is 25.4 Å². The smallest absolute Gasteiger partial charge is 0.315 e. The van der Waals surface area contributed by atoms with Gasteiger partial charge in [0, 0.05) is 42.9 Å². The molecule has 2 aliphatic rings. The summed E-state index contributed by atoms with van der Waals surface area (Å²) < 4.78 is 0. The predicted octanol–water partition coefficient (Wildman–Crippen LogP) is 2.15. The molecule has 8 nitrogen and oxygen atoms in total. The molecule has 0 saturated heterocycles. The van der Waals surface area contributed by atoms with Crippen LogP contribution in [0.25, 0.3) is 0 Å². The van der Waals surface area contributed by atoms with Crippen LogP contribution in [0.2, 0.25) is 0 Å². The number of urea groups is 1. The minimum atomic E-state index is -0.917. The lowest BCUT2D eigenvalue weighted by Crippen LogP contribution is -2.44. The van der Waals surface area contributed by atoms with Gasteiger partial charge in [-0.3, -0.25) is 4.79 Å². The number of carbonyl (C=O) groups excluding carboxylic acids is 2. The van der Waals surface area contributed by atoms with Crippen molar-refractivity contribution < 1.29 is 14.7 Å². The van der Waals surface area contributed by atoms with Gasteiger partial charge in [0.25, 0.3) is 0 Å². The number of hydrogen-bond donors (Lipinski definition) is 5. The molecule has 0 aliphatic heterocycles. The number of amides is 3. The molecule has 0 radical (unpaired) electrons. The Kier molecular flexibility index (Phi) is 6.56. The van der Waals surface area contributed by atoms with Crippen molar-refractivity contribution in [2.75, 3.05) is 6.54 Å². The van der Waals surface area contributed by atoms with Crippen molar-refractivity contribution in [2.24, 2.45) is 5.92 Å². The van der Waals surface area contributed by atoms with Gasteiger partial charge >= 0.3 is 6.03 Å². The highest BCUT2D eigenvalue weighted by Gasteiger charge is 2.48. The van der Waals surface area contributed by atoms with E-state index in [4.69, 9.17) is 0 Å². The Morgan fingerprint density at radius 3 is 2.68 bits per heavy atom. The molecule has 31 heavy (non-hydrogen) atoms. The molecule has 5 N–H and O–H groups in total. The standard InChI is InChI=1S/C23H31N5O3/c1-2-10-24-23(31)28-17-11-16(22(30)26-12-14-6-4-3-5-7-14)20(29)19(17)18-13-25-21(27-18)15-8-9-15/h3-7,13,15-17,19-20,29H,2,8-12H2,1H3,(H,25,27)(H,26,30)(H2,24,28,31)/t16-,17+,19+,20+/m0/s1. The maximum atomic E-state index is 12.9. The topological polar surface area (TPSA) is 119 Å². The zero-order chi connectivity index (χ0) is 21.8. The SMILES string of the molecule is CCCNC(=O)N[C@@H]1C[C@H](C(=O)NCc2ccccc2)[C@@H](O)[C@H]1c1cnc(C2CC2)[nH]1. The van der Waals surface area contributed by atoms with Crippen LogP contribution in [0.4, 0.5) is 4.79 Å². The summed E-state index contributed by atoms with van der Waals surface area (Å²) in [6, 6.07) is 9.01. The average Bonchev–Trinajstić information content (AvgIpc) is 3.43. The number of aromatic amines is 1. The quantitative estimate of drug-likeness (QED) is 0.445. The van der Waals surface area contributed by atoms with E-state index in [1.165, 1.54) is 0 Å². The Labute approximate surface area is 182 Å². The molecule has 2 aliphatic carbocycles. The van der Waals surface area contributed by atoms with Gasteiger partial charge in [0.1, 0.15) is 5.82 Å². The van der Waals surface area contributed by atoms with Crippen LogP contribution >= 0.6 is 0 Å². The molecule has 0 spiro atoms. The lowest BCUT2D eigenvalue weighted by molar-refractivity contribution is -0.127. The molecule has 8 heteroatoms. The van der Waals surface area contributed by atoms with Gasteiger partial charge in [0.15, 0.2) is 0 Å². The van der Waals surface area contributed by atoms with Crippen molar-refractivity contribution >= 4 is 11.9 Å². The fraction of sp³-hybridized carbons (Fsp3) is 0.522. The Morgan fingerprint density at radius 1 is 1.19 bits per heavy atom. The maximum absolute atomic E-state index is 12.9. The van der Waals surface area contributed by atoms with Crippen LogP contribution in [0.1, 0.15) is 61.5 Å². The lowest BCUT2D eigenvalue weighted by Gasteiger charge is -2.22. The summed E-state index contributed by atoms with van der Waals surface area (Å²) in [5, 5.41) is 19.8. The zero-order valence-electron chi connectivity index (χ0n) is 17.8. The van der Waals surface area contributed by atoms with Crippen LogP contribution in [0.3, 0.4) is 0 Å². The molecule has 2 saturated carbocycles. The first kappa shape index (κ1) is 21.4. The second-order valence-electron chi connectivity index (χ2n) is 8.57. The van der Waals surface area contributed by atoms with Crippen LogP contribution in [-0.4, -0.2) is 45.7 Å². The van der Waals surface area contributed by atoms with E-state index >= 15 is 0 Å². The van der Waals surface area contributed by atoms with Crippen LogP contribution in [0, 0.1) is 5.92 Å². The summed E-state index contributed by atoms with van der Waals surface area (Å²) in [4.78, 5) is 33.0. The summed E-state index contributed by atoms with van der Waals surface area (Å²) >= 11 is 0. The fourth-order valence-corrected chi connectivity index (χ4v) is 4.32. The highest BCUT2D eigenvalue weighted by molar-refractivity contribution is 5.80. The number of imidazole rings is 1. The van der Waals surface area contributed by atoms with E-state index in [-0.39, 0.29) is 18.0 Å². The van der Waals surface area contributed by atoms with Gasteiger partial charge in [-0.25, -0.2) is 9.78 Å². The summed E-state index contributed by atoms with van der Waals surface area (Å²) in [7, 11) is 0. The third-order valence-electron chi connectivity index (χ3n) is 6.16. The normalized spacial score (nSPS) is 25.2. The molecular weight excluding hydrogens is 394 g/mol. The first-order valence-electron chi connectivity index (χ1n) is 11.2. The monoisotopic (exact) mass is 425 g/mol. The third-order valence-corrected chi connectivity index (χ3v) is 6.16. The number of aliphatic hydroxyl groups excluding tert-OH is 1. The van der Waals surface area contributed by atoms with Crippen molar-refractivity contribution in [2.45, 2.75) is 63.1 Å². The number of rotatable bonds is 8. The molecular formula is C23H31N5O3. The lowest BCUT2D eigenvalue weighted by atomic mass is 9.96. The number of nitrogens with zero attached hydrogens (tertiary/aromatic N) is 1. The number of carbonyl (C=O) groups is 2. The van der Waals surface area contributed by atoms with E-state index < -0.39 is 17.9 Å². The molecule has 0 bridgehead atoms. The number of aromatic nitrogens is 2. The van der Waals surface area contributed by atoms with Gasteiger partial charge in [0.2, 0.25) is 5.91 Å². The number of nitrogens with one attached hydrogen (secondary N) is 4. The largest absolute Gasteiger partial charge is 0.392 e. The molecule has 2 aromatic rings. The van der Waals surface area contributed by atoms with Gasteiger partial charge in [-0.15, -0.1) is 0 Å². The summed E-state index contributed by atoms with van der Waals surface area (Å²) in [6.07, 6.45) is 4.26. The van der Waals surface area contributed by atoms with E-state index in [0.717, 1.165) is 36.3 Å². The van der Waals surface area contributed by atoms with Gasteiger partial charge < -0.3 is 26.0 Å². The van der Waals surface area contributed by atoms with Crippen LogP contribution in [0.15, 0.2) is 36.5 Å². The van der Waals surface area contributed by atoms with Crippen molar-refractivity contribution in [3.05, 3.63) is 53.6 Å². The van der Waals surface area contributed by atoms with Crippen molar-refractivity contribution in [3.63, 3.8) is 0 Å². The van der Waals surface area contributed by atoms with E-state index in [1.807, 2.05) is 37.3 Å². The molecule has 0 unspecified atom stereocenters. The van der Waals surface area contributed by atoms with Crippen molar-refractivity contribution in [1.82, 2.24) is 25.9 Å². The summed E-state index contributed by atoms with van der Waals surface area (Å²) in [6.45, 7) is 2.96. The Balaban J connectivity index is 1.47. The fourth-order valence-electron chi connectivity index (χ4n) is 4.32. The Bertz CT molecular complexity index is 896. The van der Waals surface area contributed by atoms with Crippen LogP contribution < -0.4 is 16.0 Å². The molecule has 3 amide bonds. The van der Waals surface area contributed by atoms with Gasteiger partial charge in [-0.05, 0) is 31.2 Å². The third kappa shape index (κ3) is 5.07. The highest BCUT2D eigenvalue weighted by atomic mass is 16.3. The van der Waals surface area contributed by atoms with Gasteiger partial charge in [-0.2, -0.15) is 0 Å². The molecule has 4 rings (SSSR count). The van der Waals surface area contributed by atoms with Gasteiger partial charge in [0.05, 0.1) is 12.0 Å². The second kappa shape index (κ2) is 9.51. The van der Waals surface area contributed by atoms with Crippen LogP contribution in [0.5, 0.6) is 0 Å². The molecule has 1 aromatic heterocycles. The van der Waals surface area contributed by atoms with Crippen LogP contribution in [-0.2, 0) is 11.3 Å². The molecule has 2 fully saturated rings.